The van der Waals surface area contributed by atoms with Crippen LogP contribution in [0.4, 0.5) is 8.78 Å². The summed E-state index contributed by atoms with van der Waals surface area (Å²) in [5.41, 5.74) is 2.13. The summed E-state index contributed by atoms with van der Waals surface area (Å²) in [4.78, 5) is 0. The first-order valence-electron chi connectivity index (χ1n) is 5.69. The van der Waals surface area contributed by atoms with Crippen LogP contribution in [0.25, 0.3) is 0 Å². The van der Waals surface area contributed by atoms with Crippen molar-refractivity contribution in [1.29, 1.82) is 0 Å². The van der Waals surface area contributed by atoms with Crippen LogP contribution in [0.2, 0.25) is 0 Å². The number of halogens is 2. The van der Waals surface area contributed by atoms with Gasteiger partial charge in [-0.1, -0.05) is 23.8 Å². The quantitative estimate of drug-likeness (QED) is 0.859. The van der Waals surface area contributed by atoms with Gasteiger partial charge in [-0.05, 0) is 43.2 Å². The Kier molecular flexibility index (Phi) is 3.43. The fourth-order valence-electron chi connectivity index (χ4n) is 1.95. The second-order valence-corrected chi connectivity index (χ2v) is 4.43. The third-order valence-corrected chi connectivity index (χ3v) is 2.98. The molecule has 1 unspecified atom stereocenters. The highest BCUT2D eigenvalue weighted by Gasteiger charge is 2.17. The van der Waals surface area contributed by atoms with Gasteiger partial charge in [0.25, 0.3) is 0 Å². The van der Waals surface area contributed by atoms with Crippen LogP contribution in [0, 0.1) is 25.5 Å². The molecule has 1 nitrogen and oxygen atoms in total. The number of rotatable bonds is 2. The molecule has 94 valence electrons. The lowest BCUT2D eigenvalue weighted by Gasteiger charge is -2.15. The molecular formula is C15H14F2O. The number of hydrogen-bond acceptors (Lipinski definition) is 1. The molecule has 1 N–H and O–H groups in total. The number of aliphatic hydroxyl groups is 1. The predicted octanol–water partition coefficient (Wildman–Crippen LogP) is 3.66. The molecule has 0 spiro atoms. The van der Waals surface area contributed by atoms with E-state index in [-0.39, 0.29) is 5.56 Å². The topological polar surface area (TPSA) is 20.2 Å². The van der Waals surface area contributed by atoms with E-state index < -0.39 is 17.7 Å². The van der Waals surface area contributed by atoms with Gasteiger partial charge in [-0.25, -0.2) is 8.78 Å². The molecule has 0 fully saturated rings. The fraction of sp³-hybridized carbons (Fsp3) is 0.200. The highest BCUT2D eigenvalue weighted by Crippen LogP contribution is 2.27. The van der Waals surface area contributed by atoms with E-state index in [1.807, 2.05) is 6.92 Å². The van der Waals surface area contributed by atoms with Crippen LogP contribution in [-0.2, 0) is 0 Å². The molecule has 2 rings (SSSR count). The summed E-state index contributed by atoms with van der Waals surface area (Å²) < 4.78 is 26.9. The molecule has 0 aliphatic rings. The average molecular weight is 248 g/mol. The van der Waals surface area contributed by atoms with Gasteiger partial charge in [0, 0.05) is 5.56 Å². The van der Waals surface area contributed by atoms with E-state index in [1.165, 1.54) is 18.2 Å². The van der Waals surface area contributed by atoms with Crippen LogP contribution in [0.1, 0.15) is 28.4 Å². The van der Waals surface area contributed by atoms with Gasteiger partial charge >= 0.3 is 0 Å². The molecule has 3 heteroatoms. The lowest BCUT2D eigenvalue weighted by Crippen LogP contribution is -2.05. The maximum atomic E-state index is 13.7. The van der Waals surface area contributed by atoms with Gasteiger partial charge < -0.3 is 5.11 Å². The first kappa shape index (κ1) is 12.7. The minimum Gasteiger partial charge on any atom is -0.384 e. The van der Waals surface area contributed by atoms with E-state index in [0.29, 0.717) is 5.56 Å². The Bertz CT molecular complexity index is 527. The zero-order valence-electron chi connectivity index (χ0n) is 10.2. The zero-order chi connectivity index (χ0) is 13.3. The van der Waals surface area contributed by atoms with Crippen molar-refractivity contribution < 1.29 is 13.9 Å². The summed E-state index contributed by atoms with van der Waals surface area (Å²) in [6, 6.07) is 8.64. The van der Waals surface area contributed by atoms with Crippen LogP contribution >= 0.6 is 0 Å². The molecular weight excluding hydrogens is 234 g/mol. The minimum atomic E-state index is -1.15. The number of aryl methyl sites for hydroxylation is 2. The molecule has 0 amide bonds. The van der Waals surface area contributed by atoms with Crippen molar-refractivity contribution in [2.45, 2.75) is 20.0 Å². The van der Waals surface area contributed by atoms with Crippen molar-refractivity contribution in [2.24, 2.45) is 0 Å². The van der Waals surface area contributed by atoms with Gasteiger partial charge in [0.15, 0.2) is 0 Å². The van der Waals surface area contributed by atoms with Crippen molar-refractivity contribution in [3.05, 3.63) is 70.3 Å². The lowest BCUT2D eigenvalue weighted by molar-refractivity contribution is 0.213. The van der Waals surface area contributed by atoms with Gasteiger partial charge in [-0.15, -0.1) is 0 Å². The average Bonchev–Trinajstić information content (AvgIpc) is 2.34. The predicted molar refractivity (Wildman–Crippen MR) is 66.3 cm³/mol. The Balaban J connectivity index is 2.50. The SMILES string of the molecule is Cc1ccc(F)c(C(O)c2cc(F)ccc2C)c1. The molecule has 2 aromatic carbocycles. The van der Waals surface area contributed by atoms with E-state index in [2.05, 4.69) is 0 Å². The first-order chi connectivity index (χ1) is 8.49. The minimum absolute atomic E-state index is 0.170. The molecule has 0 aliphatic heterocycles. The van der Waals surface area contributed by atoms with Crippen molar-refractivity contribution >= 4 is 0 Å². The summed E-state index contributed by atoms with van der Waals surface area (Å²) in [6.45, 7) is 3.57. The summed E-state index contributed by atoms with van der Waals surface area (Å²) in [6.07, 6.45) is -1.15. The van der Waals surface area contributed by atoms with Crippen molar-refractivity contribution in [3.8, 4) is 0 Å². The number of benzene rings is 2. The Hall–Kier alpha value is -1.74. The van der Waals surface area contributed by atoms with Crippen LogP contribution < -0.4 is 0 Å². The Morgan fingerprint density at radius 1 is 0.944 bits per heavy atom. The fourth-order valence-corrected chi connectivity index (χ4v) is 1.95. The van der Waals surface area contributed by atoms with Gasteiger partial charge in [-0.3, -0.25) is 0 Å². The number of hydrogen-bond donors (Lipinski definition) is 1. The van der Waals surface area contributed by atoms with E-state index >= 15 is 0 Å². The maximum Gasteiger partial charge on any atom is 0.129 e. The van der Waals surface area contributed by atoms with Crippen LogP contribution in [0.15, 0.2) is 36.4 Å². The molecule has 2 aromatic rings. The van der Waals surface area contributed by atoms with Crippen molar-refractivity contribution in [2.75, 3.05) is 0 Å². The van der Waals surface area contributed by atoms with Gasteiger partial charge in [-0.2, -0.15) is 0 Å². The summed E-state index contributed by atoms with van der Waals surface area (Å²) in [5.74, 6) is -0.931. The normalized spacial score (nSPS) is 12.5. The molecule has 18 heavy (non-hydrogen) atoms. The Labute approximate surface area is 105 Å². The van der Waals surface area contributed by atoms with E-state index in [4.69, 9.17) is 0 Å². The van der Waals surface area contributed by atoms with Gasteiger partial charge in [0.2, 0.25) is 0 Å². The number of aliphatic hydroxyl groups excluding tert-OH is 1. The van der Waals surface area contributed by atoms with Gasteiger partial charge in [0.05, 0.1) is 0 Å². The Morgan fingerprint density at radius 2 is 1.67 bits per heavy atom. The summed E-state index contributed by atoms with van der Waals surface area (Å²) in [7, 11) is 0. The highest BCUT2D eigenvalue weighted by molar-refractivity contribution is 5.37. The van der Waals surface area contributed by atoms with E-state index in [0.717, 1.165) is 11.1 Å². The standard InChI is InChI=1S/C15H14F2O/c1-9-3-6-14(17)13(7-9)15(18)12-8-11(16)5-4-10(12)2/h3-8,15,18H,1-2H3. The van der Waals surface area contributed by atoms with Crippen LogP contribution in [0.3, 0.4) is 0 Å². The van der Waals surface area contributed by atoms with Crippen molar-refractivity contribution in [3.63, 3.8) is 0 Å². The Morgan fingerprint density at radius 3 is 2.39 bits per heavy atom. The molecule has 0 saturated carbocycles. The van der Waals surface area contributed by atoms with Crippen LogP contribution in [0.5, 0.6) is 0 Å². The highest BCUT2D eigenvalue weighted by atomic mass is 19.1. The summed E-state index contributed by atoms with van der Waals surface area (Å²) in [5, 5.41) is 10.2. The zero-order valence-corrected chi connectivity index (χ0v) is 10.2. The second kappa shape index (κ2) is 4.86. The second-order valence-electron chi connectivity index (χ2n) is 4.43. The molecule has 0 radical (unpaired) electrons. The van der Waals surface area contributed by atoms with Crippen LogP contribution in [-0.4, -0.2) is 5.11 Å². The first-order valence-corrected chi connectivity index (χ1v) is 5.69. The molecule has 0 aromatic heterocycles. The smallest absolute Gasteiger partial charge is 0.129 e. The van der Waals surface area contributed by atoms with E-state index in [9.17, 15) is 13.9 Å². The lowest BCUT2D eigenvalue weighted by atomic mass is 9.96. The summed E-state index contributed by atoms with van der Waals surface area (Å²) >= 11 is 0. The van der Waals surface area contributed by atoms with Crippen molar-refractivity contribution in [1.82, 2.24) is 0 Å². The molecule has 0 saturated heterocycles. The molecule has 0 bridgehead atoms. The largest absolute Gasteiger partial charge is 0.384 e. The maximum absolute atomic E-state index is 13.7. The molecule has 1 atom stereocenters. The molecule has 0 aliphatic carbocycles. The third kappa shape index (κ3) is 2.41. The third-order valence-electron chi connectivity index (χ3n) is 2.98. The monoisotopic (exact) mass is 248 g/mol. The van der Waals surface area contributed by atoms with Gasteiger partial charge in [0.1, 0.15) is 17.7 Å². The van der Waals surface area contributed by atoms with E-state index in [1.54, 1.807) is 25.1 Å². The molecule has 0 heterocycles.